The van der Waals surface area contributed by atoms with Gasteiger partial charge in [0.1, 0.15) is 24.3 Å². The average molecular weight is 532 g/mol. The monoisotopic (exact) mass is 531 g/mol. The van der Waals surface area contributed by atoms with Gasteiger partial charge in [0.2, 0.25) is 0 Å². The van der Waals surface area contributed by atoms with Gasteiger partial charge in [-0.05, 0) is 66.3 Å². The summed E-state index contributed by atoms with van der Waals surface area (Å²) >= 11 is 0. The number of sulfonamides is 1. The highest BCUT2D eigenvalue weighted by molar-refractivity contribution is 7.93. The predicted molar refractivity (Wildman–Crippen MR) is 144 cm³/mol. The van der Waals surface area contributed by atoms with E-state index >= 15 is 0 Å². The molecule has 1 unspecified atom stereocenters. The normalized spacial score (nSPS) is 25.0. The fourth-order valence-electron chi connectivity index (χ4n) is 4.70. The lowest BCUT2D eigenvalue weighted by molar-refractivity contribution is -0.244. The van der Waals surface area contributed by atoms with Crippen LogP contribution in [0.2, 0.25) is 0 Å². The summed E-state index contributed by atoms with van der Waals surface area (Å²) in [4.78, 5) is 1.79. The van der Waals surface area contributed by atoms with E-state index < -0.39 is 45.6 Å². The molecule has 1 aliphatic rings. The number of anilines is 1. The highest BCUT2D eigenvalue weighted by Crippen LogP contribution is 2.29. The van der Waals surface area contributed by atoms with Gasteiger partial charge in [0.25, 0.3) is 10.0 Å². The molecule has 1 aliphatic heterocycles. The number of nitrogens with zero attached hydrogens (tertiary/aromatic N) is 2. The van der Waals surface area contributed by atoms with Gasteiger partial charge in [-0.1, -0.05) is 39.0 Å². The quantitative estimate of drug-likeness (QED) is 0.343. The van der Waals surface area contributed by atoms with Gasteiger partial charge < -0.3 is 25.0 Å². The molecule has 5 atom stereocenters. The lowest BCUT2D eigenvalue weighted by atomic mass is 9.96. The summed E-state index contributed by atoms with van der Waals surface area (Å²) in [6.45, 7) is 9.45. The van der Waals surface area contributed by atoms with E-state index in [-0.39, 0.29) is 5.57 Å². The standard InChI is InChI=1S/C27H37N3O6S/c1-5-12-30(13-6-2)21-11-10-19-14-18(8-9-20(19)15-21)17(4)23(16-28)37(34,35)29-24-26(32)25(31)22(7-3)36-27(24)33/h8-11,14-15,22,24-27,29,31-33H,5-7,12-13H2,1-4H3/b23-17+/t22-,24-,25-,26-,27?/m1/s1. The molecule has 0 radical (unpaired) electrons. The summed E-state index contributed by atoms with van der Waals surface area (Å²) in [5.41, 5.74) is 1.89. The Labute approximate surface area is 219 Å². The Hall–Kier alpha value is -2.52. The van der Waals surface area contributed by atoms with Crippen molar-refractivity contribution in [2.75, 3.05) is 18.0 Å². The number of rotatable bonds is 10. The average Bonchev–Trinajstić information content (AvgIpc) is 2.88. The largest absolute Gasteiger partial charge is 0.388 e. The van der Waals surface area contributed by atoms with E-state index in [0.29, 0.717) is 12.0 Å². The minimum Gasteiger partial charge on any atom is -0.388 e. The molecule has 1 saturated heterocycles. The summed E-state index contributed by atoms with van der Waals surface area (Å²) in [6.07, 6.45) is -3.14. The Bertz CT molecular complexity index is 1270. The zero-order valence-corrected chi connectivity index (χ0v) is 22.6. The number of ether oxygens (including phenoxy) is 1. The highest BCUT2D eigenvalue weighted by atomic mass is 32.2. The lowest BCUT2D eigenvalue weighted by Gasteiger charge is -2.40. The summed E-state index contributed by atoms with van der Waals surface area (Å²) in [5, 5.41) is 42.5. The van der Waals surface area contributed by atoms with Crippen molar-refractivity contribution in [2.45, 2.75) is 77.6 Å². The number of fused-ring (bicyclic) bond motifs is 1. The first-order chi connectivity index (χ1) is 17.6. The molecule has 0 spiro atoms. The van der Waals surface area contributed by atoms with E-state index in [1.54, 1.807) is 19.1 Å². The number of benzene rings is 2. The van der Waals surface area contributed by atoms with Crippen LogP contribution in [-0.2, 0) is 14.8 Å². The van der Waals surface area contributed by atoms with Crippen molar-refractivity contribution in [3.63, 3.8) is 0 Å². The van der Waals surface area contributed by atoms with Gasteiger partial charge in [0.05, 0.1) is 6.10 Å². The van der Waals surface area contributed by atoms with Crippen LogP contribution in [0.5, 0.6) is 0 Å². The fourth-order valence-corrected chi connectivity index (χ4v) is 6.07. The number of nitriles is 1. The Morgan fingerprint density at radius 1 is 1.03 bits per heavy atom. The van der Waals surface area contributed by atoms with E-state index in [2.05, 4.69) is 29.5 Å². The molecule has 0 bridgehead atoms. The molecule has 2 aromatic carbocycles. The van der Waals surface area contributed by atoms with Crippen molar-refractivity contribution in [1.82, 2.24) is 4.72 Å². The van der Waals surface area contributed by atoms with Crippen LogP contribution < -0.4 is 9.62 Å². The van der Waals surface area contributed by atoms with Crippen LogP contribution in [0.25, 0.3) is 16.3 Å². The predicted octanol–water partition coefficient (Wildman–Crippen LogP) is 2.86. The molecule has 37 heavy (non-hydrogen) atoms. The minimum absolute atomic E-state index is 0.215. The van der Waals surface area contributed by atoms with E-state index in [1.807, 2.05) is 24.3 Å². The van der Waals surface area contributed by atoms with Crippen molar-refractivity contribution in [3.05, 3.63) is 46.9 Å². The first-order valence-corrected chi connectivity index (χ1v) is 14.2. The van der Waals surface area contributed by atoms with Crippen molar-refractivity contribution < 1.29 is 28.5 Å². The number of hydrogen-bond donors (Lipinski definition) is 4. The van der Waals surface area contributed by atoms with Crippen molar-refractivity contribution in [1.29, 1.82) is 5.26 Å². The number of allylic oxidation sites excluding steroid dienone is 2. The molecule has 1 heterocycles. The molecule has 0 saturated carbocycles. The zero-order chi connectivity index (χ0) is 27.3. The first-order valence-electron chi connectivity index (χ1n) is 12.7. The first kappa shape index (κ1) is 29.0. The Kier molecular flexibility index (Phi) is 9.69. The molecule has 4 N–H and O–H groups in total. The van der Waals surface area contributed by atoms with Gasteiger partial charge in [-0.25, -0.2) is 8.42 Å². The van der Waals surface area contributed by atoms with Gasteiger partial charge in [-0.15, -0.1) is 0 Å². The highest BCUT2D eigenvalue weighted by Gasteiger charge is 2.45. The zero-order valence-electron chi connectivity index (χ0n) is 21.8. The molecule has 0 aromatic heterocycles. The Morgan fingerprint density at radius 3 is 2.24 bits per heavy atom. The summed E-state index contributed by atoms with van der Waals surface area (Å²) in [6, 6.07) is 11.8. The smallest absolute Gasteiger partial charge is 0.251 e. The van der Waals surface area contributed by atoms with Crippen LogP contribution >= 0.6 is 0 Å². The molecular formula is C27H37N3O6S. The molecule has 0 aliphatic carbocycles. The van der Waals surface area contributed by atoms with Crippen LogP contribution in [0.3, 0.4) is 0 Å². The maximum absolute atomic E-state index is 13.1. The molecule has 202 valence electrons. The molecule has 1 fully saturated rings. The third kappa shape index (κ3) is 6.32. The fraction of sp³-hybridized carbons (Fsp3) is 0.519. The number of aliphatic hydroxyl groups is 3. The molecule has 2 aromatic rings. The topological polar surface area (TPSA) is 143 Å². The Morgan fingerprint density at radius 2 is 1.65 bits per heavy atom. The van der Waals surface area contributed by atoms with Crippen molar-refractivity contribution >= 4 is 32.1 Å². The third-order valence-electron chi connectivity index (χ3n) is 6.73. The van der Waals surface area contributed by atoms with Crippen LogP contribution in [-0.4, -0.2) is 67.5 Å². The maximum Gasteiger partial charge on any atom is 0.251 e. The van der Waals surface area contributed by atoms with Crippen LogP contribution in [0.15, 0.2) is 41.3 Å². The second-order valence-corrected chi connectivity index (χ2v) is 11.1. The van der Waals surface area contributed by atoms with Gasteiger partial charge in [0.15, 0.2) is 11.2 Å². The molecular weight excluding hydrogens is 494 g/mol. The maximum atomic E-state index is 13.1. The molecule has 9 nitrogen and oxygen atoms in total. The number of nitrogens with one attached hydrogen (secondary N) is 1. The van der Waals surface area contributed by atoms with Crippen molar-refractivity contribution in [2.24, 2.45) is 0 Å². The minimum atomic E-state index is -4.47. The third-order valence-corrected chi connectivity index (χ3v) is 8.25. The van der Waals surface area contributed by atoms with E-state index in [0.717, 1.165) is 42.4 Å². The van der Waals surface area contributed by atoms with Gasteiger partial charge in [-0.3, -0.25) is 0 Å². The molecule has 0 amide bonds. The number of hydrogen-bond acceptors (Lipinski definition) is 8. The summed E-state index contributed by atoms with van der Waals surface area (Å²) in [5.74, 6) is 0. The van der Waals surface area contributed by atoms with Gasteiger partial charge >= 0.3 is 0 Å². The number of aliphatic hydroxyl groups excluding tert-OH is 3. The second kappa shape index (κ2) is 12.3. The van der Waals surface area contributed by atoms with Gasteiger partial charge in [0, 0.05) is 18.8 Å². The SMILES string of the molecule is CCCN(CCC)c1ccc2cc(/C(C)=C(\C#N)S(=O)(=O)N[C@H]3C(O)O[C@H](CC)[C@@H](O)[C@@H]3O)ccc2c1. The lowest BCUT2D eigenvalue weighted by Crippen LogP contribution is -2.63. The summed E-state index contributed by atoms with van der Waals surface area (Å²) in [7, 11) is -4.47. The second-order valence-electron chi connectivity index (χ2n) is 9.40. The van der Waals surface area contributed by atoms with Crippen molar-refractivity contribution in [3.8, 4) is 6.07 Å². The van der Waals surface area contributed by atoms with Crippen LogP contribution in [0.1, 0.15) is 52.5 Å². The summed E-state index contributed by atoms with van der Waals surface area (Å²) < 4.78 is 33.7. The van der Waals surface area contributed by atoms with E-state index in [1.165, 1.54) is 6.92 Å². The van der Waals surface area contributed by atoms with Crippen LogP contribution in [0.4, 0.5) is 5.69 Å². The van der Waals surface area contributed by atoms with Gasteiger partial charge in [-0.2, -0.15) is 9.98 Å². The van der Waals surface area contributed by atoms with E-state index in [9.17, 15) is 29.0 Å². The molecule has 3 rings (SSSR count). The molecule has 10 heteroatoms. The van der Waals surface area contributed by atoms with Crippen LogP contribution in [0, 0.1) is 11.3 Å². The van der Waals surface area contributed by atoms with E-state index in [4.69, 9.17) is 4.74 Å². The Balaban J connectivity index is 1.92.